The second-order valence-electron chi connectivity index (χ2n) is 2.51. The second kappa shape index (κ2) is 3.80. The lowest BCUT2D eigenvalue weighted by Crippen LogP contribution is -1.99. The molecule has 0 aliphatic heterocycles. The number of hydrogen-bond acceptors (Lipinski definition) is 3. The smallest absolute Gasteiger partial charge is 0.335 e. The van der Waals surface area contributed by atoms with E-state index < -0.39 is 5.97 Å². The lowest BCUT2D eigenvalue weighted by atomic mass is 10.2. The number of carboxylic acids is 1. The molecule has 0 saturated heterocycles. The summed E-state index contributed by atoms with van der Waals surface area (Å²) in [5.74, 6) is -0.431. The molecular weight excluding hydrogens is 170 g/mol. The molecule has 0 amide bonds. The van der Waals surface area contributed by atoms with Gasteiger partial charge in [0, 0.05) is 18.8 Å². The quantitative estimate of drug-likeness (QED) is 0.740. The number of methoxy groups -OCH3 is 1. The van der Waals surface area contributed by atoms with Gasteiger partial charge in [-0.05, 0) is 12.1 Å². The van der Waals surface area contributed by atoms with Crippen LogP contribution < -0.4 is 10.1 Å². The molecule has 70 valence electrons. The van der Waals surface area contributed by atoms with Crippen LogP contribution in [-0.2, 0) is 0 Å². The Bertz CT molecular complexity index is 300. The Kier molecular flexibility index (Phi) is 2.74. The summed E-state index contributed by atoms with van der Waals surface area (Å²) in [6, 6.07) is 4.75. The van der Waals surface area contributed by atoms with Crippen molar-refractivity contribution in [1.82, 2.24) is 0 Å². The normalized spacial score (nSPS) is 9.38. The number of hydrogen-bond donors (Lipinski definition) is 2. The van der Waals surface area contributed by atoms with Crippen LogP contribution in [0.3, 0.4) is 0 Å². The van der Waals surface area contributed by atoms with Gasteiger partial charge in [0.15, 0.2) is 0 Å². The molecule has 1 aromatic rings. The molecule has 0 spiro atoms. The average Bonchev–Trinajstić information content (AvgIpc) is 2.16. The summed E-state index contributed by atoms with van der Waals surface area (Å²) >= 11 is 0. The molecule has 2 N–H and O–H groups in total. The summed E-state index contributed by atoms with van der Waals surface area (Å²) in [7, 11) is 3.22. The average molecular weight is 181 g/mol. The fraction of sp³-hybridized carbons (Fsp3) is 0.222. The second-order valence-corrected chi connectivity index (χ2v) is 2.51. The van der Waals surface area contributed by atoms with Crippen molar-refractivity contribution in [3.05, 3.63) is 23.8 Å². The Morgan fingerprint density at radius 3 is 2.62 bits per heavy atom. The fourth-order valence-electron chi connectivity index (χ4n) is 0.985. The number of nitrogens with one attached hydrogen (secondary N) is 1. The molecule has 0 aliphatic carbocycles. The van der Waals surface area contributed by atoms with Crippen LogP contribution in [0.5, 0.6) is 5.75 Å². The molecule has 0 saturated carbocycles. The first-order valence-electron chi connectivity index (χ1n) is 3.77. The molecule has 0 radical (unpaired) electrons. The van der Waals surface area contributed by atoms with E-state index in [1.54, 1.807) is 19.2 Å². The minimum atomic E-state index is -0.963. The zero-order valence-electron chi connectivity index (χ0n) is 7.50. The van der Waals surface area contributed by atoms with E-state index in [2.05, 4.69) is 5.32 Å². The molecule has 0 atom stereocenters. The van der Waals surface area contributed by atoms with Crippen molar-refractivity contribution < 1.29 is 14.6 Å². The van der Waals surface area contributed by atoms with Crippen molar-refractivity contribution in [3.8, 4) is 5.75 Å². The Morgan fingerprint density at radius 2 is 2.15 bits per heavy atom. The third-order valence-electron chi connectivity index (χ3n) is 1.68. The zero-order valence-corrected chi connectivity index (χ0v) is 7.50. The first-order valence-corrected chi connectivity index (χ1v) is 3.77. The van der Waals surface area contributed by atoms with Crippen LogP contribution in [0.2, 0.25) is 0 Å². The highest BCUT2D eigenvalue weighted by Crippen LogP contribution is 2.20. The summed E-state index contributed by atoms with van der Waals surface area (Å²) in [5, 5.41) is 11.6. The fourth-order valence-corrected chi connectivity index (χ4v) is 0.985. The summed E-state index contributed by atoms with van der Waals surface area (Å²) in [6.07, 6.45) is 0. The van der Waals surface area contributed by atoms with Gasteiger partial charge < -0.3 is 15.2 Å². The highest BCUT2D eigenvalue weighted by Gasteiger charge is 2.06. The van der Waals surface area contributed by atoms with Crippen molar-refractivity contribution in [2.24, 2.45) is 0 Å². The molecule has 4 heteroatoms. The molecule has 13 heavy (non-hydrogen) atoms. The predicted molar refractivity (Wildman–Crippen MR) is 49.5 cm³/mol. The number of carboxylic acid groups (broad SMARTS) is 1. The molecule has 4 nitrogen and oxygen atoms in total. The van der Waals surface area contributed by atoms with Crippen LogP contribution in [0, 0.1) is 0 Å². The van der Waals surface area contributed by atoms with Crippen LogP contribution in [0.25, 0.3) is 0 Å². The summed E-state index contributed by atoms with van der Waals surface area (Å²) < 4.78 is 4.94. The monoisotopic (exact) mass is 181 g/mol. The first kappa shape index (κ1) is 9.38. The summed E-state index contributed by atoms with van der Waals surface area (Å²) in [6.45, 7) is 0. The lowest BCUT2D eigenvalue weighted by molar-refractivity contribution is 0.0696. The van der Waals surface area contributed by atoms with Crippen molar-refractivity contribution in [3.63, 3.8) is 0 Å². The van der Waals surface area contributed by atoms with Gasteiger partial charge in [0.1, 0.15) is 5.75 Å². The van der Waals surface area contributed by atoms with Gasteiger partial charge in [-0.2, -0.15) is 0 Å². The Balaban J connectivity index is 3.14. The van der Waals surface area contributed by atoms with Crippen molar-refractivity contribution in [2.45, 2.75) is 0 Å². The van der Waals surface area contributed by atoms with Gasteiger partial charge in [0.2, 0.25) is 0 Å². The largest absolute Gasteiger partial charge is 0.497 e. The highest BCUT2D eigenvalue weighted by molar-refractivity contribution is 5.89. The number of benzene rings is 1. The van der Waals surface area contributed by atoms with Gasteiger partial charge in [0.25, 0.3) is 0 Å². The first-order chi connectivity index (χ1) is 6.17. The minimum absolute atomic E-state index is 0.212. The molecule has 1 aromatic carbocycles. The van der Waals surface area contributed by atoms with Crippen molar-refractivity contribution >= 4 is 11.7 Å². The lowest BCUT2D eigenvalue weighted by Gasteiger charge is -2.05. The maximum atomic E-state index is 10.7. The summed E-state index contributed by atoms with van der Waals surface area (Å²) in [5.41, 5.74) is 0.931. The minimum Gasteiger partial charge on any atom is -0.497 e. The van der Waals surface area contributed by atoms with Crippen LogP contribution in [0.1, 0.15) is 10.4 Å². The molecule has 0 unspecified atom stereocenters. The number of carbonyl (C=O) groups is 1. The number of ether oxygens (including phenoxy) is 1. The highest BCUT2D eigenvalue weighted by atomic mass is 16.5. The van der Waals surface area contributed by atoms with E-state index in [0.717, 1.165) is 5.69 Å². The predicted octanol–water partition coefficient (Wildman–Crippen LogP) is 1.44. The van der Waals surface area contributed by atoms with E-state index >= 15 is 0 Å². The molecule has 0 bridgehead atoms. The maximum Gasteiger partial charge on any atom is 0.335 e. The van der Waals surface area contributed by atoms with Crippen LogP contribution in [-0.4, -0.2) is 25.2 Å². The number of anilines is 1. The third kappa shape index (κ3) is 2.11. The number of rotatable bonds is 3. The topological polar surface area (TPSA) is 58.6 Å². The molecule has 0 heterocycles. The molecule has 1 rings (SSSR count). The van der Waals surface area contributed by atoms with E-state index in [1.165, 1.54) is 13.2 Å². The maximum absolute atomic E-state index is 10.7. The van der Waals surface area contributed by atoms with Crippen molar-refractivity contribution in [1.29, 1.82) is 0 Å². The SMILES string of the molecule is CNc1cc(OC)cc(C(=O)O)c1. The van der Waals surface area contributed by atoms with Gasteiger partial charge in [-0.15, -0.1) is 0 Å². The standard InChI is InChI=1S/C9H11NO3/c1-10-7-3-6(9(11)12)4-8(5-7)13-2/h3-5,10H,1-2H3,(H,11,12). The Morgan fingerprint density at radius 1 is 1.46 bits per heavy atom. The Hall–Kier alpha value is -1.71. The Labute approximate surface area is 76.1 Å². The molecular formula is C9H11NO3. The van der Waals surface area contributed by atoms with E-state index in [9.17, 15) is 4.79 Å². The molecule has 0 aromatic heterocycles. The van der Waals surface area contributed by atoms with Crippen LogP contribution >= 0.6 is 0 Å². The van der Waals surface area contributed by atoms with E-state index in [0.29, 0.717) is 5.75 Å². The zero-order chi connectivity index (χ0) is 9.84. The van der Waals surface area contributed by atoms with Gasteiger partial charge in [0.05, 0.1) is 12.7 Å². The summed E-state index contributed by atoms with van der Waals surface area (Å²) in [4.78, 5) is 10.7. The van der Waals surface area contributed by atoms with Gasteiger partial charge in [-0.1, -0.05) is 0 Å². The number of aromatic carboxylic acids is 1. The van der Waals surface area contributed by atoms with Crippen LogP contribution in [0.4, 0.5) is 5.69 Å². The van der Waals surface area contributed by atoms with E-state index in [1.807, 2.05) is 0 Å². The van der Waals surface area contributed by atoms with E-state index in [4.69, 9.17) is 9.84 Å². The van der Waals surface area contributed by atoms with Gasteiger partial charge in [-0.3, -0.25) is 0 Å². The molecule has 0 fully saturated rings. The van der Waals surface area contributed by atoms with Crippen molar-refractivity contribution in [2.75, 3.05) is 19.5 Å². The van der Waals surface area contributed by atoms with Gasteiger partial charge in [-0.25, -0.2) is 4.79 Å². The molecule has 0 aliphatic rings. The van der Waals surface area contributed by atoms with Gasteiger partial charge >= 0.3 is 5.97 Å². The third-order valence-corrected chi connectivity index (χ3v) is 1.68. The van der Waals surface area contributed by atoms with E-state index in [-0.39, 0.29) is 5.56 Å². The van der Waals surface area contributed by atoms with Crippen LogP contribution in [0.15, 0.2) is 18.2 Å².